The van der Waals surface area contributed by atoms with Gasteiger partial charge in [0, 0.05) is 18.7 Å². The van der Waals surface area contributed by atoms with Gasteiger partial charge in [0.05, 0.1) is 6.10 Å². The molecule has 2 aliphatic rings. The predicted octanol–water partition coefficient (Wildman–Crippen LogP) is 1.81. The second-order valence-electron chi connectivity index (χ2n) is 5.59. The van der Waals surface area contributed by atoms with Crippen LogP contribution in [0, 0.1) is 0 Å². The number of hydrogen-bond donors (Lipinski definition) is 2. The van der Waals surface area contributed by atoms with Crippen LogP contribution in [0.3, 0.4) is 0 Å². The molecule has 2 rings (SSSR count). The van der Waals surface area contributed by atoms with Gasteiger partial charge in [0.15, 0.2) is 0 Å². The van der Waals surface area contributed by atoms with Crippen LogP contribution in [0.5, 0.6) is 0 Å². The van der Waals surface area contributed by atoms with E-state index in [4.69, 9.17) is 10.5 Å². The van der Waals surface area contributed by atoms with E-state index in [2.05, 4.69) is 5.32 Å². The molecule has 0 bridgehead atoms. The fraction of sp³-hybridized carbons (Fsp3) is 1.00. The molecule has 94 valence electrons. The van der Waals surface area contributed by atoms with Crippen molar-refractivity contribution in [3.8, 4) is 0 Å². The quantitative estimate of drug-likeness (QED) is 0.751. The third-order valence-electron chi connectivity index (χ3n) is 4.38. The highest BCUT2D eigenvalue weighted by atomic mass is 16.5. The Labute approximate surface area is 99.1 Å². The van der Waals surface area contributed by atoms with Crippen molar-refractivity contribution < 1.29 is 4.74 Å². The van der Waals surface area contributed by atoms with Crippen LogP contribution in [0.25, 0.3) is 0 Å². The molecule has 0 aromatic heterocycles. The number of ether oxygens (including phenoxy) is 1. The zero-order valence-electron chi connectivity index (χ0n) is 10.5. The van der Waals surface area contributed by atoms with Gasteiger partial charge < -0.3 is 15.8 Å². The van der Waals surface area contributed by atoms with Crippen molar-refractivity contribution in [2.24, 2.45) is 5.73 Å². The topological polar surface area (TPSA) is 47.3 Å². The fourth-order valence-electron chi connectivity index (χ4n) is 3.28. The van der Waals surface area contributed by atoms with E-state index in [-0.39, 0.29) is 5.54 Å². The highest BCUT2D eigenvalue weighted by Crippen LogP contribution is 2.30. The number of hydrogen-bond acceptors (Lipinski definition) is 3. The van der Waals surface area contributed by atoms with E-state index < -0.39 is 0 Å². The number of nitrogens with one attached hydrogen (secondary N) is 1. The highest BCUT2D eigenvalue weighted by Gasteiger charge is 2.30. The SMILES string of the molecule is COC1CCCC1NCCC1(N)CCCC1. The average Bonchev–Trinajstić information content (AvgIpc) is 2.88. The minimum atomic E-state index is 0.133. The van der Waals surface area contributed by atoms with E-state index in [1.54, 1.807) is 0 Å². The van der Waals surface area contributed by atoms with Crippen LogP contribution in [-0.2, 0) is 4.74 Å². The van der Waals surface area contributed by atoms with E-state index in [1.807, 2.05) is 7.11 Å². The Morgan fingerprint density at radius 1 is 1.25 bits per heavy atom. The fourth-order valence-corrected chi connectivity index (χ4v) is 3.28. The maximum Gasteiger partial charge on any atom is 0.0724 e. The van der Waals surface area contributed by atoms with Crippen LogP contribution < -0.4 is 11.1 Å². The van der Waals surface area contributed by atoms with Crippen LogP contribution >= 0.6 is 0 Å². The van der Waals surface area contributed by atoms with Crippen LogP contribution in [0.1, 0.15) is 51.4 Å². The summed E-state index contributed by atoms with van der Waals surface area (Å²) in [6, 6.07) is 0.565. The second kappa shape index (κ2) is 5.48. The molecule has 0 amide bonds. The molecule has 2 unspecified atom stereocenters. The lowest BCUT2D eigenvalue weighted by Gasteiger charge is -2.26. The summed E-state index contributed by atoms with van der Waals surface area (Å²) in [5.74, 6) is 0. The van der Waals surface area contributed by atoms with Gasteiger partial charge in [-0.3, -0.25) is 0 Å². The number of nitrogens with two attached hydrogens (primary N) is 1. The molecular weight excluding hydrogens is 200 g/mol. The van der Waals surface area contributed by atoms with Crippen LogP contribution in [0.4, 0.5) is 0 Å². The molecular formula is C13H26N2O. The summed E-state index contributed by atoms with van der Waals surface area (Å²) >= 11 is 0. The Hall–Kier alpha value is -0.120. The Bertz CT molecular complexity index is 214. The van der Waals surface area contributed by atoms with Gasteiger partial charge in [-0.05, 0) is 45.1 Å². The van der Waals surface area contributed by atoms with E-state index in [9.17, 15) is 0 Å². The minimum absolute atomic E-state index is 0.133. The monoisotopic (exact) mass is 226 g/mol. The van der Waals surface area contributed by atoms with E-state index >= 15 is 0 Å². The first-order valence-corrected chi connectivity index (χ1v) is 6.79. The Kier molecular flexibility index (Phi) is 4.22. The molecule has 2 saturated carbocycles. The molecule has 3 nitrogen and oxygen atoms in total. The molecule has 0 saturated heterocycles. The zero-order valence-corrected chi connectivity index (χ0v) is 10.5. The smallest absolute Gasteiger partial charge is 0.0724 e. The summed E-state index contributed by atoms with van der Waals surface area (Å²) in [7, 11) is 1.83. The van der Waals surface area contributed by atoms with Crippen LogP contribution in [0.2, 0.25) is 0 Å². The van der Waals surface area contributed by atoms with Crippen molar-refractivity contribution in [2.45, 2.75) is 69.1 Å². The molecule has 16 heavy (non-hydrogen) atoms. The van der Waals surface area contributed by atoms with Crippen molar-refractivity contribution in [3.63, 3.8) is 0 Å². The lowest BCUT2D eigenvalue weighted by atomic mass is 9.94. The Balaban J connectivity index is 1.67. The summed E-state index contributed by atoms with van der Waals surface area (Å²) in [5.41, 5.74) is 6.47. The second-order valence-corrected chi connectivity index (χ2v) is 5.59. The van der Waals surface area contributed by atoms with Gasteiger partial charge in [-0.25, -0.2) is 0 Å². The standard InChI is InChI=1S/C13H26N2O/c1-16-12-6-4-5-11(12)15-10-9-13(14)7-2-3-8-13/h11-12,15H,2-10,14H2,1H3. The van der Waals surface area contributed by atoms with Crippen molar-refractivity contribution in [1.82, 2.24) is 5.32 Å². The van der Waals surface area contributed by atoms with E-state index in [0.717, 1.165) is 13.0 Å². The Morgan fingerprint density at radius 3 is 2.69 bits per heavy atom. The molecule has 2 fully saturated rings. The zero-order chi connectivity index (χ0) is 11.4. The van der Waals surface area contributed by atoms with Crippen LogP contribution in [0.15, 0.2) is 0 Å². The van der Waals surface area contributed by atoms with Crippen molar-refractivity contribution in [1.29, 1.82) is 0 Å². The largest absolute Gasteiger partial charge is 0.380 e. The molecule has 3 heteroatoms. The number of rotatable bonds is 5. The number of methoxy groups -OCH3 is 1. The third kappa shape index (κ3) is 2.96. The normalized spacial score (nSPS) is 33.4. The molecule has 3 N–H and O–H groups in total. The lowest BCUT2D eigenvalue weighted by molar-refractivity contribution is 0.0846. The minimum Gasteiger partial charge on any atom is -0.380 e. The van der Waals surface area contributed by atoms with Gasteiger partial charge in [0.25, 0.3) is 0 Å². The summed E-state index contributed by atoms with van der Waals surface area (Å²) in [6.07, 6.45) is 10.4. The molecule has 0 aromatic rings. The van der Waals surface area contributed by atoms with E-state index in [1.165, 1.54) is 44.9 Å². The summed E-state index contributed by atoms with van der Waals surface area (Å²) < 4.78 is 5.48. The van der Waals surface area contributed by atoms with E-state index in [0.29, 0.717) is 12.1 Å². The molecule has 2 atom stereocenters. The average molecular weight is 226 g/mol. The van der Waals surface area contributed by atoms with Crippen molar-refractivity contribution in [3.05, 3.63) is 0 Å². The first-order chi connectivity index (χ1) is 7.73. The predicted molar refractivity (Wildman–Crippen MR) is 66.4 cm³/mol. The summed E-state index contributed by atoms with van der Waals surface area (Å²) in [5, 5.41) is 3.63. The third-order valence-corrected chi connectivity index (χ3v) is 4.38. The van der Waals surface area contributed by atoms with Gasteiger partial charge >= 0.3 is 0 Å². The molecule has 0 heterocycles. The molecule has 2 aliphatic carbocycles. The molecule has 0 radical (unpaired) electrons. The van der Waals surface area contributed by atoms with Gasteiger partial charge in [0.2, 0.25) is 0 Å². The maximum atomic E-state index is 6.34. The highest BCUT2D eigenvalue weighted by molar-refractivity contribution is 4.91. The molecule has 0 aliphatic heterocycles. The molecule has 0 spiro atoms. The van der Waals surface area contributed by atoms with Crippen LogP contribution in [-0.4, -0.2) is 31.3 Å². The summed E-state index contributed by atoms with van der Waals surface area (Å²) in [4.78, 5) is 0. The van der Waals surface area contributed by atoms with Gasteiger partial charge in [-0.15, -0.1) is 0 Å². The van der Waals surface area contributed by atoms with Gasteiger partial charge in [-0.1, -0.05) is 12.8 Å². The van der Waals surface area contributed by atoms with Gasteiger partial charge in [0.1, 0.15) is 0 Å². The van der Waals surface area contributed by atoms with Crippen molar-refractivity contribution in [2.75, 3.05) is 13.7 Å². The lowest BCUT2D eigenvalue weighted by Crippen LogP contribution is -2.43. The van der Waals surface area contributed by atoms with Crippen molar-refractivity contribution >= 4 is 0 Å². The first-order valence-electron chi connectivity index (χ1n) is 6.79. The molecule has 0 aromatic carbocycles. The Morgan fingerprint density at radius 2 is 2.00 bits per heavy atom. The first kappa shape index (κ1) is 12.3. The summed E-state index contributed by atoms with van der Waals surface area (Å²) in [6.45, 7) is 1.06. The van der Waals surface area contributed by atoms with Gasteiger partial charge in [-0.2, -0.15) is 0 Å². The maximum absolute atomic E-state index is 6.34.